The molecule has 0 unspecified atom stereocenters. The summed E-state index contributed by atoms with van der Waals surface area (Å²) in [6.45, 7) is 9.19. The van der Waals surface area contributed by atoms with Gasteiger partial charge in [-0.15, -0.1) is 0 Å². The number of carbonyl (C=O) groups excluding carboxylic acids is 1. The first-order valence-corrected chi connectivity index (χ1v) is 5.76. The van der Waals surface area contributed by atoms with Crippen molar-refractivity contribution in [2.24, 2.45) is 11.1 Å². The summed E-state index contributed by atoms with van der Waals surface area (Å²) in [6, 6.07) is 0. The lowest BCUT2D eigenvalue weighted by atomic mass is 9.86. The van der Waals surface area contributed by atoms with Crippen LogP contribution in [0.4, 0.5) is 0 Å². The van der Waals surface area contributed by atoms with Crippen molar-refractivity contribution in [1.82, 2.24) is 4.90 Å². The van der Waals surface area contributed by atoms with Gasteiger partial charge in [-0.25, -0.2) is 0 Å². The maximum atomic E-state index is 12.3. The van der Waals surface area contributed by atoms with E-state index in [1.165, 1.54) is 4.90 Å². The van der Waals surface area contributed by atoms with Gasteiger partial charge < -0.3 is 15.7 Å². The molecule has 0 radical (unpaired) electrons. The fourth-order valence-electron chi connectivity index (χ4n) is 1.58. The number of amides is 1. The summed E-state index contributed by atoms with van der Waals surface area (Å²) in [5.74, 6) is -1.17. The quantitative estimate of drug-likeness (QED) is 0.757. The van der Waals surface area contributed by atoms with E-state index in [9.17, 15) is 9.59 Å². The van der Waals surface area contributed by atoms with Crippen LogP contribution in [0.15, 0.2) is 0 Å². The van der Waals surface area contributed by atoms with Crippen LogP contribution in [0.1, 0.15) is 41.0 Å². The van der Waals surface area contributed by atoms with E-state index in [0.717, 1.165) is 0 Å². The molecule has 0 aliphatic heterocycles. The van der Waals surface area contributed by atoms with Gasteiger partial charge in [0.15, 0.2) is 0 Å². The van der Waals surface area contributed by atoms with Crippen LogP contribution in [-0.4, -0.2) is 40.5 Å². The lowest BCUT2D eigenvalue weighted by Crippen LogP contribution is -2.53. The van der Waals surface area contributed by atoms with E-state index in [0.29, 0.717) is 13.0 Å². The molecule has 0 heterocycles. The molecule has 0 aromatic heterocycles. The van der Waals surface area contributed by atoms with Crippen LogP contribution in [0, 0.1) is 5.41 Å². The third-order valence-corrected chi connectivity index (χ3v) is 2.70. The maximum Gasteiger partial charge on any atom is 0.323 e. The van der Waals surface area contributed by atoms with Crippen LogP contribution in [0.2, 0.25) is 0 Å². The van der Waals surface area contributed by atoms with Gasteiger partial charge in [-0.2, -0.15) is 0 Å². The van der Waals surface area contributed by atoms with Crippen molar-refractivity contribution >= 4 is 11.9 Å². The highest BCUT2D eigenvalue weighted by atomic mass is 16.4. The highest BCUT2D eigenvalue weighted by Crippen LogP contribution is 2.27. The highest BCUT2D eigenvalue weighted by molar-refractivity contribution is 5.86. The van der Waals surface area contributed by atoms with Crippen LogP contribution in [0.25, 0.3) is 0 Å². The van der Waals surface area contributed by atoms with Gasteiger partial charge in [0, 0.05) is 11.0 Å². The smallest absolute Gasteiger partial charge is 0.323 e. The van der Waals surface area contributed by atoms with Gasteiger partial charge in [-0.1, -0.05) is 13.8 Å². The number of rotatable bonds is 5. The van der Waals surface area contributed by atoms with E-state index in [1.807, 2.05) is 20.8 Å². The highest BCUT2D eigenvalue weighted by Gasteiger charge is 2.37. The molecule has 0 spiro atoms. The zero-order valence-corrected chi connectivity index (χ0v) is 11.4. The predicted molar refractivity (Wildman–Crippen MR) is 66.6 cm³/mol. The van der Waals surface area contributed by atoms with E-state index < -0.39 is 16.9 Å². The second kappa shape index (κ2) is 5.49. The average Bonchev–Trinajstić information content (AvgIpc) is 2.10. The fraction of sp³-hybridized carbons (Fsp3) is 0.833. The number of hydrogen-bond donors (Lipinski definition) is 2. The molecule has 0 aliphatic carbocycles. The Hall–Kier alpha value is -1.10. The molecule has 0 saturated carbocycles. The summed E-state index contributed by atoms with van der Waals surface area (Å²) in [7, 11) is 0. The van der Waals surface area contributed by atoms with Gasteiger partial charge in [0.2, 0.25) is 5.91 Å². The second-order valence-corrected chi connectivity index (χ2v) is 5.88. The summed E-state index contributed by atoms with van der Waals surface area (Å²) in [5.41, 5.74) is 4.34. The first-order valence-electron chi connectivity index (χ1n) is 5.76. The molecule has 0 fully saturated rings. The Labute approximate surface area is 103 Å². The molecule has 0 rings (SSSR count). The van der Waals surface area contributed by atoms with Crippen LogP contribution < -0.4 is 5.73 Å². The normalized spacial score (nSPS) is 12.4. The summed E-state index contributed by atoms with van der Waals surface area (Å²) in [5, 5.41) is 8.87. The van der Waals surface area contributed by atoms with Crippen LogP contribution in [0.3, 0.4) is 0 Å². The Morgan fingerprint density at radius 2 is 1.65 bits per heavy atom. The van der Waals surface area contributed by atoms with Crippen molar-refractivity contribution in [2.75, 3.05) is 13.1 Å². The first kappa shape index (κ1) is 15.9. The summed E-state index contributed by atoms with van der Waals surface area (Å²) in [4.78, 5) is 24.6. The molecular formula is C12H24N2O3. The minimum atomic E-state index is -1.00. The Bertz CT molecular complexity index is 293. The molecule has 0 bridgehead atoms. The zero-order valence-electron chi connectivity index (χ0n) is 11.4. The van der Waals surface area contributed by atoms with Crippen molar-refractivity contribution in [3.05, 3.63) is 0 Å². The van der Waals surface area contributed by atoms with E-state index in [4.69, 9.17) is 10.8 Å². The Morgan fingerprint density at radius 3 is 1.94 bits per heavy atom. The summed E-state index contributed by atoms with van der Waals surface area (Å²) in [6.07, 6.45) is 0.540. The molecule has 0 aromatic carbocycles. The van der Waals surface area contributed by atoms with Crippen molar-refractivity contribution in [1.29, 1.82) is 0 Å². The van der Waals surface area contributed by atoms with Crippen molar-refractivity contribution in [2.45, 2.75) is 46.6 Å². The van der Waals surface area contributed by atoms with E-state index in [2.05, 4.69) is 0 Å². The number of hydrogen-bond acceptors (Lipinski definition) is 3. The third kappa shape index (κ3) is 4.73. The van der Waals surface area contributed by atoms with Crippen molar-refractivity contribution in [3.63, 3.8) is 0 Å². The third-order valence-electron chi connectivity index (χ3n) is 2.70. The zero-order chi connectivity index (χ0) is 13.9. The molecule has 17 heavy (non-hydrogen) atoms. The lowest BCUT2D eigenvalue weighted by molar-refractivity contribution is -0.153. The predicted octanol–water partition coefficient (Wildman–Crippen LogP) is 1.07. The molecular weight excluding hydrogens is 220 g/mol. The minimum Gasteiger partial charge on any atom is -0.480 e. The topological polar surface area (TPSA) is 83.6 Å². The maximum absolute atomic E-state index is 12.3. The molecule has 0 aliphatic rings. The molecule has 0 saturated heterocycles. The van der Waals surface area contributed by atoms with Crippen LogP contribution in [-0.2, 0) is 9.59 Å². The number of carbonyl (C=O) groups is 2. The Balaban J connectivity index is 5.06. The number of carboxylic acids is 1. The molecule has 5 heteroatoms. The van der Waals surface area contributed by atoms with Crippen molar-refractivity contribution < 1.29 is 14.7 Å². The fourth-order valence-corrected chi connectivity index (χ4v) is 1.58. The number of nitrogens with two attached hydrogens (primary N) is 1. The number of aliphatic carboxylic acids is 1. The van der Waals surface area contributed by atoms with Gasteiger partial charge in [-0.05, 0) is 33.7 Å². The Kier molecular flexibility index (Phi) is 5.13. The molecule has 0 atom stereocenters. The summed E-state index contributed by atoms with van der Waals surface area (Å²) < 4.78 is 0. The van der Waals surface area contributed by atoms with E-state index in [-0.39, 0.29) is 12.5 Å². The van der Waals surface area contributed by atoms with Crippen molar-refractivity contribution in [3.8, 4) is 0 Å². The molecule has 3 N–H and O–H groups in total. The second-order valence-electron chi connectivity index (χ2n) is 5.88. The first-order chi connectivity index (χ1) is 7.52. The Morgan fingerprint density at radius 1 is 1.18 bits per heavy atom. The SMILES string of the molecule is CC(C)(CCN)C(=O)N(CC(=O)O)C(C)(C)C. The van der Waals surface area contributed by atoms with Gasteiger partial charge in [-0.3, -0.25) is 9.59 Å². The van der Waals surface area contributed by atoms with E-state index >= 15 is 0 Å². The van der Waals surface area contributed by atoms with Crippen LogP contribution in [0.5, 0.6) is 0 Å². The van der Waals surface area contributed by atoms with Gasteiger partial charge in [0.05, 0.1) is 0 Å². The van der Waals surface area contributed by atoms with Crippen LogP contribution >= 0.6 is 0 Å². The van der Waals surface area contributed by atoms with Gasteiger partial charge in [0.1, 0.15) is 6.54 Å². The summed E-state index contributed by atoms with van der Waals surface area (Å²) >= 11 is 0. The lowest BCUT2D eigenvalue weighted by Gasteiger charge is -2.39. The minimum absolute atomic E-state index is 0.169. The van der Waals surface area contributed by atoms with Gasteiger partial charge >= 0.3 is 5.97 Å². The molecule has 5 nitrogen and oxygen atoms in total. The number of nitrogens with zero attached hydrogens (tertiary/aromatic N) is 1. The standard InChI is InChI=1S/C12H24N2O3/c1-11(2,3)14(8-9(15)16)10(17)12(4,5)6-7-13/h6-8,13H2,1-5H3,(H,15,16). The monoisotopic (exact) mass is 244 g/mol. The largest absolute Gasteiger partial charge is 0.480 e. The molecule has 1 amide bonds. The molecule has 0 aromatic rings. The molecule has 100 valence electrons. The van der Waals surface area contributed by atoms with E-state index in [1.54, 1.807) is 13.8 Å². The number of carboxylic acid groups (broad SMARTS) is 1. The average molecular weight is 244 g/mol. The van der Waals surface area contributed by atoms with Gasteiger partial charge in [0.25, 0.3) is 0 Å².